The van der Waals surface area contributed by atoms with Crippen LogP contribution in [-0.2, 0) is 0 Å². The van der Waals surface area contributed by atoms with Crippen molar-refractivity contribution >= 4 is 0 Å². The second kappa shape index (κ2) is 8.30. The molecule has 0 radical (unpaired) electrons. The maximum atomic E-state index is 3.67. The van der Waals surface area contributed by atoms with Crippen LogP contribution in [0.5, 0.6) is 0 Å². The van der Waals surface area contributed by atoms with Gasteiger partial charge in [-0.15, -0.1) is 0 Å². The first kappa shape index (κ1) is 14.2. The minimum Gasteiger partial charge on any atom is -0.310 e. The molecular formula is C16H27N. The molecule has 1 nitrogen and oxygen atoms in total. The summed E-state index contributed by atoms with van der Waals surface area (Å²) >= 11 is 0. The van der Waals surface area contributed by atoms with Gasteiger partial charge in [-0.05, 0) is 37.3 Å². The van der Waals surface area contributed by atoms with Crippen molar-refractivity contribution in [3.05, 3.63) is 35.9 Å². The highest BCUT2D eigenvalue weighted by Gasteiger charge is 2.11. The summed E-state index contributed by atoms with van der Waals surface area (Å²) < 4.78 is 0. The fraction of sp³-hybridized carbons (Fsp3) is 0.625. The smallest absolute Gasteiger partial charge is 0.0320 e. The summed E-state index contributed by atoms with van der Waals surface area (Å²) in [4.78, 5) is 0. The third-order valence-electron chi connectivity index (χ3n) is 3.49. The Hall–Kier alpha value is -0.820. The molecule has 0 aliphatic rings. The molecule has 0 aromatic heterocycles. The van der Waals surface area contributed by atoms with E-state index < -0.39 is 0 Å². The van der Waals surface area contributed by atoms with Crippen LogP contribution >= 0.6 is 0 Å². The van der Waals surface area contributed by atoms with Crippen molar-refractivity contribution in [3.63, 3.8) is 0 Å². The van der Waals surface area contributed by atoms with Crippen LogP contribution in [0.4, 0.5) is 0 Å². The molecule has 2 unspecified atom stereocenters. The molecular weight excluding hydrogens is 206 g/mol. The molecule has 0 fully saturated rings. The van der Waals surface area contributed by atoms with Crippen LogP contribution in [0, 0.1) is 5.92 Å². The number of rotatable bonds is 8. The molecule has 0 bridgehead atoms. The van der Waals surface area contributed by atoms with Gasteiger partial charge in [-0.25, -0.2) is 0 Å². The molecule has 0 heterocycles. The number of nitrogens with one attached hydrogen (secondary N) is 1. The Morgan fingerprint density at radius 3 is 2.35 bits per heavy atom. The molecule has 1 rings (SSSR count). The molecule has 17 heavy (non-hydrogen) atoms. The Balaban J connectivity index is 2.54. The zero-order valence-electron chi connectivity index (χ0n) is 11.6. The van der Waals surface area contributed by atoms with Crippen molar-refractivity contribution in [1.29, 1.82) is 0 Å². The monoisotopic (exact) mass is 233 g/mol. The minimum absolute atomic E-state index is 0.533. The Kier molecular flexibility index (Phi) is 6.95. The van der Waals surface area contributed by atoms with Gasteiger partial charge in [0.1, 0.15) is 0 Å². The van der Waals surface area contributed by atoms with Crippen molar-refractivity contribution in [2.75, 3.05) is 6.54 Å². The van der Waals surface area contributed by atoms with E-state index in [1.54, 1.807) is 0 Å². The van der Waals surface area contributed by atoms with Crippen LogP contribution in [0.1, 0.15) is 58.1 Å². The van der Waals surface area contributed by atoms with E-state index in [0.717, 1.165) is 12.5 Å². The van der Waals surface area contributed by atoms with E-state index in [1.165, 1.54) is 31.2 Å². The quantitative estimate of drug-likeness (QED) is 0.694. The molecule has 1 aromatic rings. The van der Waals surface area contributed by atoms with Gasteiger partial charge in [0, 0.05) is 6.04 Å². The normalized spacial score (nSPS) is 14.5. The summed E-state index contributed by atoms with van der Waals surface area (Å²) in [6.45, 7) is 7.97. The first-order valence-electron chi connectivity index (χ1n) is 7.06. The predicted molar refractivity (Wildman–Crippen MR) is 76.2 cm³/mol. The van der Waals surface area contributed by atoms with Crippen molar-refractivity contribution in [2.24, 2.45) is 5.92 Å². The van der Waals surface area contributed by atoms with Crippen molar-refractivity contribution < 1.29 is 0 Å². The Morgan fingerprint density at radius 2 is 1.76 bits per heavy atom. The molecule has 0 aliphatic carbocycles. The Labute approximate surface area is 107 Å². The summed E-state index contributed by atoms with van der Waals surface area (Å²) in [6, 6.07) is 11.4. The van der Waals surface area contributed by atoms with Crippen LogP contribution in [-0.4, -0.2) is 6.54 Å². The standard InChI is InChI=1S/C16H27N/c1-4-13-17-16(12-11-14(3)5-2)15-9-7-6-8-10-15/h6-10,14,16-17H,4-5,11-13H2,1-3H3. The maximum Gasteiger partial charge on any atom is 0.0320 e. The second-order valence-corrected chi connectivity index (χ2v) is 5.01. The lowest BCUT2D eigenvalue weighted by Crippen LogP contribution is -2.22. The van der Waals surface area contributed by atoms with E-state index in [2.05, 4.69) is 56.4 Å². The molecule has 1 aromatic carbocycles. The van der Waals surface area contributed by atoms with E-state index in [4.69, 9.17) is 0 Å². The van der Waals surface area contributed by atoms with Gasteiger partial charge in [-0.3, -0.25) is 0 Å². The lowest BCUT2D eigenvalue weighted by Gasteiger charge is -2.20. The van der Waals surface area contributed by atoms with E-state index in [1.807, 2.05) is 0 Å². The Morgan fingerprint density at radius 1 is 1.06 bits per heavy atom. The SMILES string of the molecule is CCCNC(CCC(C)CC)c1ccccc1. The van der Waals surface area contributed by atoms with Gasteiger partial charge in [-0.1, -0.05) is 57.5 Å². The fourth-order valence-corrected chi connectivity index (χ4v) is 2.05. The van der Waals surface area contributed by atoms with Gasteiger partial charge in [0.05, 0.1) is 0 Å². The van der Waals surface area contributed by atoms with Crippen LogP contribution in [0.3, 0.4) is 0 Å². The first-order valence-corrected chi connectivity index (χ1v) is 7.06. The average molecular weight is 233 g/mol. The summed E-state index contributed by atoms with van der Waals surface area (Å²) in [5, 5.41) is 3.67. The molecule has 96 valence electrons. The van der Waals surface area contributed by atoms with E-state index in [-0.39, 0.29) is 0 Å². The zero-order valence-corrected chi connectivity index (χ0v) is 11.6. The molecule has 0 saturated carbocycles. The molecule has 0 aliphatic heterocycles. The topological polar surface area (TPSA) is 12.0 Å². The summed E-state index contributed by atoms with van der Waals surface area (Å²) in [5.74, 6) is 0.838. The van der Waals surface area contributed by atoms with Gasteiger partial charge in [-0.2, -0.15) is 0 Å². The molecule has 0 saturated heterocycles. The third kappa shape index (κ3) is 5.36. The van der Waals surface area contributed by atoms with E-state index >= 15 is 0 Å². The molecule has 1 heteroatoms. The molecule has 0 spiro atoms. The lowest BCUT2D eigenvalue weighted by atomic mass is 9.95. The highest BCUT2D eigenvalue weighted by molar-refractivity contribution is 5.18. The first-order chi connectivity index (χ1) is 8.27. The highest BCUT2D eigenvalue weighted by atomic mass is 14.9. The average Bonchev–Trinajstić information content (AvgIpc) is 2.39. The summed E-state index contributed by atoms with van der Waals surface area (Å²) in [5.41, 5.74) is 1.43. The minimum atomic E-state index is 0.533. The molecule has 1 N–H and O–H groups in total. The lowest BCUT2D eigenvalue weighted by molar-refractivity contribution is 0.418. The van der Waals surface area contributed by atoms with Crippen LogP contribution in [0.25, 0.3) is 0 Å². The zero-order chi connectivity index (χ0) is 12.5. The van der Waals surface area contributed by atoms with Crippen LogP contribution in [0.2, 0.25) is 0 Å². The number of benzene rings is 1. The van der Waals surface area contributed by atoms with Crippen molar-refractivity contribution in [1.82, 2.24) is 5.32 Å². The van der Waals surface area contributed by atoms with Gasteiger partial charge in [0.2, 0.25) is 0 Å². The van der Waals surface area contributed by atoms with Crippen LogP contribution in [0.15, 0.2) is 30.3 Å². The van der Waals surface area contributed by atoms with Crippen LogP contribution < -0.4 is 5.32 Å². The summed E-state index contributed by atoms with van der Waals surface area (Å²) in [6.07, 6.45) is 5.05. The van der Waals surface area contributed by atoms with Crippen molar-refractivity contribution in [3.8, 4) is 0 Å². The highest BCUT2D eigenvalue weighted by Crippen LogP contribution is 2.22. The predicted octanol–water partition coefficient (Wildman–Crippen LogP) is 4.55. The third-order valence-corrected chi connectivity index (χ3v) is 3.49. The second-order valence-electron chi connectivity index (χ2n) is 5.01. The Bertz CT molecular complexity index is 281. The number of hydrogen-bond acceptors (Lipinski definition) is 1. The number of hydrogen-bond donors (Lipinski definition) is 1. The van der Waals surface area contributed by atoms with Gasteiger partial charge in [0.15, 0.2) is 0 Å². The molecule has 0 amide bonds. The van der Waals surface area contributed by atoms with Gasteiger partial charge < -0.3 is 5.32 Å². The maximum absolute atomic E-state index is 3.67. The summed E-state index contributed by atoms with van der Waals surface area (Å²) in [7, 11) is 0. The molecule has 2 atom stereocenters. The van der Waals surface area contributed by atoms with Crippen molar-refractivity contribution in [2.45, 2.75) is 52.5 Å². The van der Waals surface area contributed by atoms with E-state index in [0.29, 0.717) is 6.04 Å². The fourth-order valence-electron chi connectivity index (χ4n) is 2.05. The van der Waals surface area contributed by atoms with E-state index in [9.17, 15) is 0 Å². The van der Waals surface area contributed by atoms with Gasteiger partial charge in [0.25, 0.3) is 0 Å². The van der Waals surface area contributed by atoms with Gasteiger partial charge >= 0.3 is 0 Å². The largest absolute Gasteiger partial charge is 0.310 e.